The average Bonchev–Trinajstić information content (AvgIpc) is 2.62. The molecule has 120 valence electrons. The summed E-state index contributed by atoms with van der Waals surface area (Å²) < 4.78 is 0.789. The van der Waals surface area contributed by atoms with Gasteiger partial charge in [0.05, 0.1) is 11.3 Å². The lowest BCUT2D eigenvalue weighted by Gasteiger charge is -2.11. The molecule has 4 heteroatoms. The van der Waals surface area contributed by atoms with Gasteiger partial charge in [0.25, 0.3) is 5.91 Å². The highest BCUT2D eigenvalue weighted by Gasteiger charge is 2.11. The van der Waals surface area contributed by atoms with E-state index in [1.54, 1.807) is 17.8 Å². The Kier molecular flexibility index (Phi) is 5.72. The van der Waals surface area contributed by atoms with E-state index < -0.39 is 0 Å². The predicted molar refractivity (Wildman–Crippen MR) is 105 cm³/mol. The van der Waals surface area contributed by atoms with Gasteiger partial charge in [0, 0.05) is 15.1 Å². The quantitative estimate of drug-likeness (QED) is 0.535. The number of benzene rings is 3. The molecule has 1 amide bonds. The first-order valence-corrected chi connectivity index (χ1v) is 9.33. The zero-order valence-corrected chi connectivity index (χ0v) is 15.3. The summed E-state index contributed by atoms with van der Waals surface area (Å²) in [6.07, 6.45) is 0. The van der Waals surface area contributed by atoms with Crippen molar-refractivity contribution in [1.29, 1.82) is 0 Å². The second-order valence-corrected chi connectivity index (χ2v) is 7.08. The molecule has 0 spiro atoms. The molecule has 0 saturated carbocycles. The summed E-state index contributed by atoms with van der Waals surface area (Å²) >= 11 is 5.14. The summed E-state index contributed by atoms with van der Waals surface area (Å²) in [5.74, 6) is 0.748. The third-order valence-electron chi connectivity index (χ3n) is 3.49. The van der Waals surface area contributed by atoms with Crippen molar-refractivity contribution >= 4 is 39.3 Å². The summed E-state index contributed by atoms with van der Waals surface area (Å²) in [6.45, 7) is 0. The topological polar surface area (TPSA) is 29.1 Å². The highest BCUT2D eigenvalue weighted by atomic mass is 79.9. The molecule has 3 aromatic carbocycles. The van der Waals surface area contributed by atoms with Crippen LogP contribution in [0.4, 0.5) is 5.69 Å². The van der Waals surface area contributed by atoms with Gasteiger partial charge in [-0.1, -0.05) is 54.6 Å². The third-order valence-corrected chi connectivity index (χ3v) is 5.33. The van der Waals surface area contributed by atoms with Gasteiger partial charge in [-0.25, -0.2) is 0 Å². The zero-order valence-electron chi connectivity index (χ0n) is 12.9. The summed E-state index contributed by atoms with van der Waals surface area (Å²) in [4.78, 5) is 13.6. The van der Waals surface area contributed by atoms with Crippen LogP contribution in [0.1, 0.15) is 15.9 Å². The van der Waals surface area contributed by atoms with E-state index in [-0.39, 0.29) is 5.91 Å². The van der Waals surface area contributed by atoms with Crippen LogP contribution >= 0.6 is 27.7 Å². The van der Waals surface area contributed by atoms with Crippen molar-refractivity contribution in [3.63, 3.8) is 0 Å². The molecule has 0 unspecified atom stereocenters. The van der Waals surface area contributed by atoms with Crippen molar-refractivity contribution in [3.8, 4) is 0 Å². The minimum Gasteiger partial charge on any atom is -0.321 e. The standard InChI is InChI=1S/C20H16BrNOS/c21-17-11-5-4-10-16(17)20(23)22-18-12-6-7-13-19(18)24-14-15-8-2-1-3-9-15/h1-13H,14H2,(H,22,23). The van der Waals surface area contributed by atoms with Crippen LogP contribution in [-0.2, 0) is 5.75 Å². The summed E-state index contributed by atoms with van der Waals surface area (Å²) in [5, 5.41) is 3.01. The molecule has 3 aromatic rings. The summed E-state index contributed by atoms with van der Waals surface area (Å²) in [5.41, 5.74) is 2.72. The molecule has 0 heterocycles. The minimum atomic E-state index is -0.116. The lowest BCUT2D eigenvalue weighted by molar-refractivity contribution is 0.102. The number of thioether (sulfide) groups is 1. The smallest absolute Gasteiger partial charge is 0.256 e. The molecular formula is C20H16BrNOS. The Balaban J connectivity index is 1.74. The maximum Gasteiger partial charge on any atom is 0.256 e. The molecule has 0 fully saturated rings. The molecule has 0 atom stereocenters. The lowest BCUT2D eigenvalue weighted by atomic mass is 10.2. The zero-order chi connectivity index (χ0) is 16.8. The Morgan fingerprint density at radius 3 is 2.33 bits per heavy atom. The van der Waals surface area contributed by atoms with Crippen molar-refractivity contribution in [2.75, 3.05) is 5.32 Å². The van der Waals surface area contributed by atoms with Gasteiger partial charge in [0.15, 0.2) is 0 Å². The first-order chi connectivity index (χ1) is 11.7. The molecule has 0 aromatic heterocycles. The average molecular weight is 398 g/mol. The van der Waals surface area contributed by atoms with E-state index in [4.69, 9.17) is 0 Å². The van der Waals surface area contributed by atoms with E-state index in [2.05, 4.69) is 33.4 Å². The fourth-order valence-corrected chi connectivity index (χ4v) is 3.69. The van der Waals surface area contributed by atoms with Crippen molar-refractivity contribution in [2.45, 2.75) is 10.6 Å². The van der Waals surface area contributed by atoms with Gasteiger partial charge in [-0.15, -0.1) is 11.8 Å². The Bertz CT molecular complexity index is 836. The first-order valence-electron chi connectivity index (χ1n) is 7.55. The van der Waals surface area contributed by atoms with E-state index in [1.165, 1.54) is 5.56 Å². The second-order valence-electron chi connectivity index (χ2n) is 5.20. The third kappa shape index (κ3) is 4.28. The van der Waals surface area contributed by atoms with E-state index in [0.29, 0.717) is 5.56 Å². The molecule has 2 nitrogen and oxygen atoms in total. The Morgan fingerprint density at radius 2 is 1.54 bits per heavy atom. The van der Waals surface area contributed by atoms with Crippen LogP contribution in [0.15, 0.2) is 88.2 Å². The number of carbonyl (C=O) groups is 1. The molecule has 0 aliphatic heterocycles. The number of nitrogens with one attached hydrogen (secondary N) is 1. The van der Waals surface area contributed by atoms with Crippen molar-refractivity contribution in [2.24, 2.45) is 0 Å². The largest absolute Gasteiger partial charge is 0.321 e. The molecule has 0 aliphatic rings. The number of hydrogen-bond donors (Lipinski definition) is 1. The fraction of sp³-hybridized carbons (Fsp3) is 0.0500. The highest BCUT2D eigenvalue weighted by molar-refractivity contribution is 9.10. The van der Waals surface area contributed by atoms with Crippen LogP contribution in [0.5, 0.6) is 0 Å². The molecule has 3 rings (SSSR count). The number of para-hydroxylation sites is 1. The Labute approximate surface area is 154 Å². The van der Waals surface area contributed by atoms with E-state index in [9.17, 15) is 4.79 Å². The monoisotopic (exact) mass is 397 g/mol. The number of carbonyl (C=O) groups excluding carboxylic acids is 1. The SMILES string of the molecule is O=C(Nc1ccccc1SCc1ccccc1)c1ccccc1Br. The van der Waals surface area contributed by atoms with Crippen LogP contribution in [0.3, 0.4) is 0 Å². The van der Waals surface area contributed by atoms with Crippen LogP contribution in [0, 0.1) is 0 Å². The van der Waals surface area contributed by atoms with Gasteiger partial charge in [-0.3, -0.25) is 4.79 Å². The van der Waals surface area contributed by atoms with Crippen molar-refractivity contribution in [1.82, 2.24) is 0 Å². The molecule has 1 N–H and O–H groups in total. The maximum absolute atomic E-state index is 12.5. The van der Waals surface area contributed by atoms with Gasteiger partial charge in [-0.2, -0.15) is 0 Å². The van der Waals surface area contributed by atoms with Gasteiger partial charge >= 0.3 is 0 Å². The van der Waals surface area contributed by atoms with Gasteiger partial charge in [0.1, 0.15) is 0 Å². The molecule has 0 radical (unpaired) electrons. The van der Waals surface area contributed by atoms with Crippen LogP contribution < -0.4 is 5.32 Å². The predicted octanol–water partition coefficient (Wildman–Crippen LogP) is 5.99. The normalized spacial score (nSPS) is 10.4. The van der Waals surface area contributed by atoms with E-state index >= 15 is 0 Å². The molecule has 24 heavy (non-hydrogen) atoms. The number of hydrogen-bond acceptors (Lipinski definition) is 2. The van der Waals surface area contributed by atoms with Crippen LogP contribution in [0.25, 0.3) is 0 Å². The maximum atomic E-state index is 12.5. The van der Waals surface area contributed by atoms with Crippen LogP contribution in [-0.4, -0.2) is 5.91 Å². The van der Waals surface area contributed by atoms with E-state index in [1.807, 2.05) is 60.7 Å². The van der Waals surface area contributed by atoms with Gasteiger partial charge < -0.3 is 5.32 Å². The van der Waals surface area contributed by atoms with Crippen LogP contribution in [0.2, 0.25) is 0 Å². The molecule has 0 aliphatic carbocycles. The molecular weight excluding hydrogens is 382 g/mol. The second kappa shape index (κ2) is 8.18. The fourth-order valence-electron chi connectivity index (χ4n) is 2.27. The van der Waals surface area contributed by atoms with Gasteiger partial charge in [0.2, 0.25) is 0 Å². The summed E-state index contributed by atoms with van der Waals surface area (Å²) in [6, 6.07) is 25.6. The number of halogens is 1. The van der Waals surface area contributed by atoms with Crippen molar-refractivity contribution < 1.29 is 4.79 Å². The lowest BCUT2D eigenvalue weighted by Crippen LogP contribution is -2.13. The highest BCUT2D eigenvalue weighted by Crippen LogP contribution is 2.30. The molecule has 0 saturated heterocycles. The molecule has 0 bridgehead atoms. The Hall–Kier alpha value is -2.04. The number of rotatable bonds is 5. The minimum absolute atomic E-state index is 0.116. The van der Waals surface area contributed by atoms with E-state index in [0.717, 1.165) is 20.8 Å². The first kappa shape index (κ1) is 16.8. The van der Waals surface area contributed by atoms with Crippen molar-refractivity contribution in [3.05, 3.63) is 94.5 Å². The number of amides is 1. The van der Waals surface area contributed by atoms with Gasteiger partial charge in [-0.05, 0) is 45.8 Å². The Morgan fingerprint density at radius 1 is 0.875 bits per heavy atom. The summed E-state index contributed by atoms with van der Waals surface area (Å²) in [7, 11) is 0. The number of anilines is 1.